The normalized spacial score (nSPS) is 21.6. The summed E-state index contributed by atoms with van der Waals surface area (Å²) in [5.41, 5.74) is -0.296. The Labute approximate surface area is 160 Å². The number of carbonyl (C=O) groups is 2. The summed E-state index contributed by atoms with van der Waals surface area (Å²) >= 11 is 0. The van der Waals surface area contributed by atoms with Crippen LogP contribution >= 0.6 is 0 Å². The molecule has 3 rings (SSSR count). The third-order valence-corrected chi connectivity index (χ3v) is 5.96. The lowest BCUT2D eigenvalue weighted by molar-refractivity contribution is -0.164. The van der Waals surface area contributed by atoms with Gasteiger partial charge >= 0.3 is 5.97 Å². The zero-order chi connectivity index (χ0) is 19.3. The molecule has 2 saturated heterocycles. The van der Waals surface area contributed by atoms with Crippen LogP contribution in [0, 0.1) is 5.92 Å². The van der Waals surface area contributed by atoms with Crippen molar-refractivity contribution in [3.8, 4) is 0 Å². The zero-order valence-corrected chi connectivity index (χ0v) is 16.1. The Morgan fingerprint density at radius 2 is 1.81 bits per heavy atom. The van der Waals surface area contributed by atoms with Gasteiger partial charge in [0, 0.05) is 50.7 Å². The van der Waals surface area contributed by atoms with Gasteiger partial charge in [-0.05, 0) is 50.4 Å². The second kappa shape index (κ2) is 8.80. The number of nitrogens with zero attached hydrogens (tertiary/aromatic N) is 3. The fraction of sp³-hybridized carbons (Fsp3) is 0.650. The van der Waals surface area contributed by atoms with Crippen molar-refractivity contribution in [1.29, 1.82) is 0 Å². The smallest absolute Gasteiger partial charge is 0.332 e. The number of carbonyl (C=O) groups excluding carboxylic acids is 1. The predicted octanol–water partition coefficient (Wildman–Crippen LogP) is 1.40. The number of Topliss-reactive ketones (excluding diaryl/α,β-unsaturated/α-hetero) is 1. The zero-order valence-electron chi connectivity index (χ0n) is 16.1. The van der Waals surface area contributed by atoms with Crippen molar-refractivity contribution in [3.05, 3.63) is 24.5 Å². The number of nitrogens with one attached hydrogen (secondary N) is 1. The van der Waals surface area contributed by atoms with Gasteiger partial charge in [0.05, 0.1) is 0 Å². The first kappa shape index (κ1) is 19.8. The molecule has 2 aliphatic rings. The molecule has 0 bridgehead atoms. The van der Waals surface area contributed by atoms with E-state index in [1.165, 1.54) is 0 Å². The van der Waals surface area contributed by atoms with E-state index in [0.29, 0.717) is 39.0 Å². The molecule has 3 heterocycles. The van der Waals surface area contributed by atoms with Gasteiger partial charge < -0.3 is 15.3 Å². The number of piperazine rings is 1. The SMILES string of the molecule is CCCC(=O)C(C(=O)O)(C1CCNCC1)N1CCN(c2ccncc2)CC1. The van der Waals surface area contributed by atoms with E-state index in [1.807, 2.05) is 24.0 Å². The topological polar surface area (TPSA) is 85.8 Å². The van der Waals surface area contributed by atoms with Crippen LogP contribution in [0.25, 0.3) is 0 Å². The molecular formula is C20H30N4O3. The number of hydrogen-bond acceptors (Lipinski definition) is 6. The molecule has 0 radical (unpaired) electrons. The molecule has 7 nitrogen and oxygen atoms in total. The quantitative estimate of drug-likeness (QED) is 0.698. The van der Waals surface area contributed by atoms with Crippen molar-refractivity contribution in [2.75, 3.05) is 44.2 Å². The molecule has 1 atom stereocenters. The number of aromatic nitrogens is 1. The molecule has 2 N–H and O–H groups in total. The van der Waals surface area contributed by atoms with Gasteiger partial charge in [0.15, 0.2) is 11.3 Å². The maximum atomic E-state index is 13.2. The predicted molar refractivity (Wildman–Crippen MR) is 104 cm³/mol. The molecule has 1 aromatic rings. The van der Waals surface area contributed by atoms with Crippen molar-refractivity contribution in [2.24, 2.45) is 5.92 Å². The molecule has 1 unspecified atom stereocenters. The maximum Gasteiger partial charge on any atom is 0.332 e. The highest BCUT2D eigenvalue weighted by atomic mass is 16.4. The number of pyridine rings is 1. The van der Waals surface area contributed by atoms with E-state index < -0.39 is 11.5 Å². The first-order valence-corrected chi connectivity index (χ1v) is 9.98. The molecule has 1 aromatic heterocycles. The van der Waals surface area contributed by atoms with Gasteiger partial charge in [-0.15, -0.1) is 0 Å². The number of carboxylic acids is 1. The molecule has 2 fully saturated rings. The molecule has 7 heteroatoms. The van der Waals surface area contributed by atoms with Crippen molar-refractivity contribution in [1.82, 2.24) is 15.2 Å². The van der Waals surface area contributed by atoms with E-state index in [2.05, 4.69) is 15.2 Å². The Balaban J connectivity index is 1.84. The van der Waals surface area contributed by atoms with E-state index in [9.17, 15) is 14.7 Å². The lowest BCUT2D eigenvalue weighted by atomic mass is 9.72. The van der Waals surface area contributed by atoms with Crippen LogP contribution in [0.4, 0.5) is 5.69 Å². The Morgan fingerprint density at radius 1 is 1.19 bits per heavy atom. The average Bonchev–Trinajstić information content (AvgIpc) is 2.70. The minimum Gasteiger partial charge on any atom is -0.480 e. The van der Waals surface area contributed by atoms with E-state index in [0.717, 1.165) is 31.6 Å². The van der Waals surface area contributed by atoms with Crippen molar-refractivity contribution >= 4 is 17.4 Å². The fourth-order valence-corrected chi connectivity index (χ4v) is 4.62. The molecule has 0 aromatic carbocycles. The van der Waals surface area contributed by atoms with Crippen LogP contribution in [0.3, 0.4) is 0 Å². The van der Waals surface area contributed by atoms with Gasteiger partial charge in [0.2, 0.25) is 0 Å². The van der Waals surface area contributed by atoms with Gasteiger partial charge in [-0.2, -0.15) is 0 Å². The van der Waals surface area contributed by atoms with Gasteiger partial charge in [-0.3, -0.25) is 14.7 Å². The number of rotatable bonds is 7. The van der Waals surface area contributed by atoms with E-state index in [-0.39, 0.29) is 11.7 Å². The number of piperidine rings is 1. The molecular weight excluding hydrogens is 344 g/mol. The molecule has 2 aliphatic heterocycles. The average molecular weight is 374 g/mol. The lowest BCUT2D eigenvalue weighted by Crippen LogP contribution is -2.69. The second-order valence-electron chi connectivity index (χ2n) is 7.45. The summed E-state index contributed by atoms with van der Waals surface area (Å²) in [6, 6.07) is 3.93. The Morgan fingerprint density at radius 3 is 2.37 bits per heavy atom. The van der Waals surface area contributed by atoms with Gasteiger partial charge in [-0.1, -0.05) is 6.92 Å². The van der Waals surface area contributed by atoms with Gasteiger partial charge in [-0.25, -0.2) is 4.79 Å². The Kier molecular flexibility index (Phi) is 6.44. The van der Waals surface area contributed by atoms with Crippen LogP contribution in [0.1, 0.15) is 32.6 Å². The summed E-state index contributed by atoms with van der Waals surface area (Å²) in [6.45, 7) is 6.06. The van der Waals surface area contributed by atoms with Gasteiger partial charge in [0.1, 0.15) is 0 Å². The van der Waals surface area contributed by atoms with E-state index >= 15 is 0 Å². The summed E-state index contributed by atoms with van der Waals surface area (Å²) in [6.07, 6.45) is 5.99. The second-order valence-corrected chi connectivity index (χ2v) is 7.45. The molecule has 27 heavy (non-hydrogen) atoms. The summed E-state index contributed by atoms with van der Waals surface area (Å²) in [4.78, 5) is 34.0. The fourth-order valence-electron chi connectivity index (χ4n) is 4.62. The van der Waals surface area contributed by atoms with Crippen molar-refractivity contribution < 1.29 is 14.7 Å². The minimum atomic E-state index is -1.39. The number of anilines is 1. The number of ketones is 1. The molecule has 0 spiro atoms. The van der Waals surface area contributed by atoms with E-state index in [4.69, 9.17) is 0 Å². The van der Waals surface area contributed by atoms with Crippen LogP contribution in [-0.4, -0.2) is 71.6 Å². The molecule has 0 aliphatic carbocycles. The minimum absolute atomic E-state index is 0.123. The van der Waals surface area contributed by atoms with Crippen LogP contribution in [-0.2, 0) is 9.59 Å². The number of hydrogen-bond donors (Lipinski definition) is 2. The number of aliphatic carboxylic acids is 1. The van der Waals surface area contributed by atoms with Crippen LogP contribution in [0.5, 0.6) is 0 Å². The van der Waals surface area contributed by atoms with Crippen molar-refractivity contribution in [2.45, 2.75) is 38.1 Å². The number of carboxylic acid groups (broad SMARTS) is 1. The van der Waals surface area contributed by atoms with Gasteiger partial charge in [0.25, 0.3) is 0 Å². The standard InChI is InChI=1S/C20H30N4O3/c1-2-3-18(25)20(19(26)27,16-4-8-21-9-5-16)24-14-12-23(13-15-24)17-6-10-22-11-7-17/h6-7,10-11,16,21H,2-5,8-9,12-15H2,1H3,(H,26,27). The summed E-state index contributed by atoms with van der Waals surface area (Å²) in [5, 5.41) is 13.6. The summed E-state index contributed by atoms with van der Waals surface area (Å²) in [7, 11) is 0. The largest absolute Gasteiger partial charge is 0.480 e. The molecule has 148 valence electrons. The van der Waals surface area contributed by atoms with Crippen LogP contribution < -0.4 is 10.2 Å². The first-order chi connectivity index (χ1) is 13.1. The molecule has 0 saturated carbocycles. The first-order valence-electron chi connectivity index (χ1n) is 9.98. The highest BCUT2D eigenvalue weighted by molar-refractivity contribution is 6.08. The third kappa shape index (κ3) is 3.84. The Bertz CT molecular complexity index is 640. The Hall–Kier alpha value is -1.99. The highest BCUT2D eigenvalue weighted by Crippen LogP contribution is 2.36. The maximum absolute atomic E-state index is 13.2. The highest BCUT2D eigenvalue weighted by Gasteiger charge is 2.56. The molecule has 0 amide bonds. The third-order valence-electron chi connectivity index (χ3n) is 5.96. The lowest BCUT2D eigenvalue weighted by Gasteiger charge is -2.49. The summed E-state index contributed by atoms with van der Waals surface area (Å²) < 4.78 is 0. The van der Waals surface area contributed by atoms with Crippen molar-refractivity contribution in [3.63, 3.8) is 0 Å². The summed E-state index contributed by atoms with van der Waals surface area (Å²) in [5.74, 6) is -1.23. The van der Waals surface area contributed by atoms with Crippen LogP contribution in [0.2, 0.25) is 0 Å². The van der Waals surface area contributed by atoms with E-state index in [1.54, 1.807) is 12.4 Å². The monoisotopic (exact) mass is 374 g/mol. The van der Waals surface area contributed by atoms with Crippen LogP contribution in [0.15, 0.2) is 24.5 Å².